The maximum absolute atomic E-state index is 5.67. The zero-order valence-corrected chi connectivity index (χ0v) is 9.40. The van der Waals surface area contributed by atoms with Gasteiger partial charge in [-0.1, -0.05) is 0 Å². The standard InChI is InChI=1S/C14H13NO2/c1-4-15-8-10(1)13-11-3-6-16-12(11)7-9-2-5-17-14(9)13/h2-3,5-7,10,15H,1,4,8H2. The highest BCUT2D eigenvalue weighted by atomic mass is 16.3. The number of nitrogens with one attached hydrogen (secondary N) is 1. The number of hydrogen-bond donors (Lipinski definition) is 1. The van der Waals surface area contributed by atoms with Crippen LogP contribution in [0.5, 0.6) is 0 Å². The Morgan fingerprint density at radius 1 is 1.18 bits per heavy atom. The molecule has 1 aliphatic heterocycles. The Kier molecular flexibility index (Phi) is 1.85. The molecule has 0 bridgehead atoms. The van der Waals surface area contributed by atoms with E-state index < -0.39 is 0 Å². The molecule has 2 aromatic heterocycles. The molecule has 0 saturated carbocycles. The number of rotatable bonds is 1. The van der Waals surface area contributed by atoms with Gasteiger partial charge in [-0.15, -0.1) is 0 Å². The van der Waals surface area contributed by atoms with Crippen LogP contribution in [0.1, 0.15) is 17.9 Å². The Labute approximate surface area is 98.4 Å². The molecule has 3 aromatic rings. The van der Waals surface area contributed by atoms with E-state index in [0.29, 0.717) is 5.92 Å². The molecule has 17 heavy (non-hydrogen) atoms. The van der Waals surface area contributed by atoms with Crippen molar-refractivity contribution in [1.29, 1.82) is 0 Å². The van der Waals surface area contributed by atoms with E-state index in [1.807, 2.05) is 12.1 Å². The minimum Gasteiger partial charge on any atom is -0.464 e. The third-order valence-electron chi connectivity index (χ3n) is 3.68. The lowest BCUT2D eigenvalue weighted by Crippen LogP contribution is -2.08. The molecule has 0 aliphatic carbocycles. The summed E-state index contributed by atoms with van der Waals surface area (Å²) in [5.41, 5.74) is 3.29. The number of benzene rings is 1. The fourth-order valence-electron chi connectivity index (χ4n) is 2.88. The molecular weight excluding hydrogens is 214 g/mol. The quantitative estimate of drug-likeness (QED) is 0.693. The van der Waals surface area contributed by atoms with Crippen LogP contribution in [0.3, 0.4) is 0 Å². The zero-order chi connectivity index (χ0) is 11.2. The van der Waals surface area contributed by atoms with Crippen LogP contribution in [0.15, 0.2) is 39.6 Å². The van der Waals surface area contributed by atoms with E-state index in [4.69, 9.17) is 8.83 Å². The molecule has 1 saturated heterocycles. The van der Waals surface area contributed by atoms with Crippen LogP contribution in [0.2, 0.25) is 0 Å². The molecule has 0 spiro atoms. The SMILES string of the molecule is c1cc2c(C3CCNC3)c3occc3cc2o1. The monoisotopic (exact) mass is 227 g/mol. The van der Waals surface area contributed by atoms with Gasteiger partial charge >= 0.3 is 0 Å². The first-order valence-electron chi connectivity index (χ1n) is 6.01. The second kappa shape index (κ2) is 3.37. The molecule has 3 heterocycles. The van der Waals surface area contributed by atoms with Crippen LogP contribution >= 0.6 is 0 Å². The van der Waals surface area contributed by atoms with Crippen molar-refractivity contribution in [2.24, 2.45) is 0 Å². The van der Waals surface area contributed by atoms with E-state index in [0.717, 1.165) is 29.6 Å². The molecule has 1 unspecified atom stereocenters. The fraction of sp³-hybridized carbons (Fsp3) is 0.286. The van der Waals surface area contributed by atoms with Crippen molar-refractivity contribution in [3.63, 3.8) is 0 Å². The third-order valence-corrected chi connectivity index (χ3v) is 3.68. The number of furan rings is 2. The average Bonchev–Trinajstić information content (AvgIpc) is 3.06. The highest BCUT2D eigenvalue weighted by Gasteiger charge is 2.23. The highest BCUT2D eigenvalue weighted by Crippen LogP contribution is 2.37. The Hall–Kier alpha value is -1.74. The van der Waals surface area contributed by atoms with Gasteiger partial charge in [0.2, 0.25) is 0 Å². The van der Waals surface area contributed by atoms with E-state index in [9.17, 15) is 0 Å². The van der Waals surface area contributed by atoms with Crippen molar-refractivity contribution in [1.82, 2.24) is 5.32 Å². The van der Waals surface area contributed by atoms with E-state index in [2.05, 4.69) is 11.4 Å². The number of hydrogen-bond acceptors (Lipinski definition) is 3. The maximum atomic E-state index is 5.67. The first kappa shape index (κ1) is 9.31. The van der Waals surface area contributed by atoms with Gasteiger partial charge in [0.25, 0.3) is 0 Å². The molecule has 1 aliphatic rings. The largest absolute Gasteiger partial charge is 0.464 e. The zero-order valence-electron chi connectivity index (χ0n) is 9.40. The van der Waals surface area contributed by atoms with Gasteiger partial charge in [-0.3, -0.25) is 0 Å². The van der Waals surface area contributed by atoms with Crippen LogP contribution in [0.4, 0.5) is 0 Å². The molecule has 1 atom stereocenters. The fourth-order valence-corrected chi connectivity index (χ4v) is 2.88. The van der Waals surface area contributed by atoms with Crippen LogP contribution in [0.25, 0.3) is 21.9 Å². The predicted octanol–water partition coefficient (Wildman–Crippen LogP) is 3.26. The Morgan fingerprint density at radius 3 is 3.00 bits per heavy atom. The highest BCUT2D eigenvalue weighted by molar-refractivity contribution is 5.98. The summed E-state index contributed by atoms with van der Waals surface area (Å²) in [6.07, 6.45) is 4.69. The minimum absolute atomic E-state index is 0.532. The Balaban J connectivity index is 2.10. The first-order chi connectivity index (χ1) is 8.43. The van der Waals surface area contributed by atoms with Gasteiger partial charge in [0.05, 0.1) is 12.5 Å². The van der Waals surface area contributed by atoms with Crippen molar-refractivity contribution in [2.45, 2.75) is 12.3 Å². The topological polar surface area (TPSA) is 38.3 Å². The van der Waals surface area contributed by atoms with Gasteiger partial charge in [0, 0.05) is 28.8 Å². The summed E-state index contributed by atoms with van der Waals surface area (Å²) in [5, 5.41) is 5.74. The van der Waals surface area contributed by atoms with Gasteiger partial charge in [-0.25, -0.2) is 0 Å². The second-order valence-electron chi connectivity index (χ2n) is 4.65. The summed E-state index contributed by atoms with van der Waals surface area (Å²) in [4.78, 5) is 0. The summed E-state index contributed by atoms with van der Waals surface area (Å²) < 4.78 is 11.2. The molecule has 1 aromatic carbocycles. The van der Waals surface area contributed by atoms with Gasteiger partial charge in [0.15, 0.2) is 0 Å². The lowest BCUT2D eigenvalue weighted by molar-refractivity contribution is 0.602. The molecule has 1 N–H and O–H groups in total. The molecule has 0 amide bonds. The van der Waals surface area contributed by atoms with Crippen molar-refractivity contribution < 1.29 is 8.83 Å². The van der Waals surface area contributed by atoms with Crippen LogP contribution in [-0.2, 0) is 0 Å². The minimum atomic E-state index is 0.532. The van der Waals surface area contributed by atoms with Crippen LogP contribution in [-0.4, -0.2) is 13.1 Å². The van der Waals surface area contributed by atoms with E-state index >= 15 is 0 Å². The summed E-state index contributed by atoms with van der Waals surface area (Å²) in [5.74, 6) is 0.532. The second-order valence-corrected chi connectivity index (χ2v) is 4.65. The molecule has 1 fully saturated rings. The Morgan fingerprint density at radius 2 is 2.12 bits per heavy atom. The summed E-state index contributed by atoms with van der Waals surface area (Å²) in [7, 11) is 0. The summed E-state index contributed by atoms with van der Waals surface area (Å²) in [6, 6.07) is 6.11. The van der Waals surface area contributed by atoms with E-state index in [1.54, 1.807) is 12.5 Å². The van der Waals surface area contributed by atoms with Gasteiger partial charge in [0.1, 0.15) is 11.2 Å². The first-order valence-corrected chi connectivity index (χ1v) is 6.01. The van der Waals surface area contributed by atoms with Gasteiger partial charge < -0.3 is 14.2 Å². The van der Waals surface area contributed by atoms with Crippen LogP contribution in [0, 0.1) is 0 Å². The van der Waals surface area contributed by atoms with Gasteiger partial charge in [-0.05, 0) is 31.2 Å². The number of fused-ring (bicyclic) bond motifs is 2. The smallest absolute Gasteiger partial charge is 0.138 e. The molecule has 4 rings (SSSR count). The van der Waals surface area contributed by atoms with Crippen molar-refractivity contribution in [3.8, 4) is 0 Å². The van der Waals surface area contributed by atoms with Crippen molar-refractivity contribution >= 4 is 21.9 Å². The lowest BCUT2D eigenvalue weighted by atomic mass is 9.93. The maximum Gasteiger partial charge on any atom is 0.138 e. The van der Waals surface area contributed by atoms with Crippen molar-refractivity contribution in [3.05, 3.63) is 36.3 Å². The third kappa shape index (κ3) is 1.26. The van der Waals surface area contributed by atoms with E-state index in [1.165, 1.54) is 17.4 Å². The molecule has 86 valence electrons. The summed E-state index contributed by atoms with van der Waals surface area (Å²) in [6.45, 7) is 2.11. The lowest BCUT2D eigenvalue weighted by Gasteiger charge is -2.10. The molecule has 3 nitrogen and oxygen atoms in total. The molecular formula is C14H13NO2. The van der Waals surface area contributed by atoms with E-state index in [-0.39, 0.29) is 0 Å². The average molecular weight is 227 g/mol. The van der Waals surface area contributed by atoms with Crippen LogP contribution < -0.4 is 5.32 Å². The normalized spacial score (nSPS) is 20.6. The molecule has 0 radical (unpaired) electrons. The predicted molar refractivity (Wildman–Crippen MR) is 66.2 cm³/mol. The Bertz CT molecular complexity index is 625. The van der Waals surface area contributed by atoms with Gasteiger partial charge in [-0.2, -0.15) is 0 Å². The summed E-state index contributed by atoms with van der Waals surface area (Å²) >= 11 is 0. The molecule has 3 heteroatoms. The van der Waals surface area contributed by atoms with Crippen molar-refractivity contribution in [2.75, 3.05) is 13.1 Å².